The smallest absolute Gasteiger partial charge is 0.0192 e. The van der Waals surface area contributed by atoms with E-state index >= 15 is 0 Å². The maximum atomic E-state index is 3.82. The van der Waals surface area contributed by atoms with Crippen LogP contribution in [0.5, 0.6) is 0 Å². The molecular formula is C16H34N2. The number of hydrogen-bond donors (Lipinski definition) is 1. The topological polar surface area (TPSA) is 15.3 Å². The quantitative estimate of drug-likeness (QED) is 0.713. The van der Waals surface area contributed by atoms with E-state index in [9.17, 15) is 0 Å². The molecule has 0 aliphatic carbocycles. The van der Waals surface area contributed by atoms with E-state index in [-0.39, 0.29) is 0 Å². The molecule has 1 saturated heterocycles. The molecule has 1 N–H and O–H groups in total. The second-order valence-electron chi connectivity index (χ2n) is 6.96. The average Bonchev–Trinajstić information content (AvgIpc) is 2.77. The number of rotatable bonds is 8. The zero-order valence-electron chi connectivity index (χ0n) is 13.2. The van der Waals surface area contributed by atoms with E-state index in [1.165, 1.54) is 38.8 Å². The van der Waals surface area contributed by atoms with Crippen LogP contribution in [0.3, 0.4) is 0 Å². The molecule has 0 bridgehead atoms. The highest BCUT2D eigenvalue weighted by atomic mass is 15.2. The summed E-state index contributed by atoms with van der Waals surface area (Å²) in [5, 5.41) is 3.82. The third-order valence-corrected chi connectivity index (χ3v) is 3.98. The Labute approximate surface area is 115 Å². The normalized spacial score (nSPS) is 19.3. The average molecular weight is 254 g/mol. The van der Waals surface area contributed by atoms with E-state index < -0.39 is 0 Å². The molecule has 0 aromatic carbocycles. The molecule has 2 nitrogen and oxygen atoms in total. The van der Waals surface area contributed by atoms with Crippen molar-refractivity contribution < 1.29 is 0 Å². The summed E-state index contributed by atoms with van der Waals surface area (Å²) < 4.78 is 0. The predicted molar refractivity (Wildman–Crippen MR) is 81.0 cm³/mol. The first kappa shape index (κ1) is 16.0. The van der Waals surface area contributed by atoms with E-state index in [1.807, 2.05) is 0 Å². The second-order valence-corrected chi connectivity index (χ2v) is 6.96. The summed E-state index contributed by atoms with van der Waals surface area (Å²) in [7, 11) is 0. The van der Waals surface area contributed by atoms with Crippen LogP contribution in [0.2, 0.25) is 0 Å². The Balaban J connectivity index is 2.30. The van der Waals surface area contributed by atoms with Gasteiger partial charge in [0.25, 0.3) is 0 Å². The van der Waals surface area contributed by atoms with Crippen LogP contribution in [0.1, 0.15) is 60.3 Å². The van der Waals surface area contributed by atoms with Crippen LogP contribution < -0.4 is 5.32 Å². The van der Waals surface area contributed by atoms with Gasteiger partial charge in [-0.15, -0.1) is 0 Å². The zero-order chi connectivity index (χ0) is 13.5. The minimum atomic E-state index is 0.703. The van der Waals surface area contributed by atoms with Crippen molar-refractivity contribution in [3.8, 4) is 0 Å². The van der Waals surface area contributed by atoms with Crippen molar-refractivity contribution in [3.05, 3.63) is 0 Å². The van der Waals surface area contributed by atoms with Gasteiger partial charge in [-0.25, -0.2) is 0 Å². The molecule has 0 amide bonds. The van der Waals surface area contributed by atoms with Crippen molar-refractivity contribution >= 4 is 0 Å². The van der Waals surface area contributed by atoms with Crippen LogP contribution in [0.25, 0.3) is 0 Å². The number of hydrogen-bond acceptors (Lipinski definition) is 2. The van der Waals surface area contributed by atoms with Gasteiger partial charge >= 0.3 is 0 Å². The van der Waals surface area contributed by atoms with Crippen LogP contribution in [0, 0.1) is 11.8 Å². The SMILES string of the molecule is CC(C)CC(CC(C)C)NCC(C)N1CCCC1. The lowest BCUT2D eigenvalue weighted by atomic mass is 9.95. The minimum Gasteiger partial charge on any atom is -0.312 e. The number of nitrogens with one attached hydrogen (secondary N) is 1. The van der Waals surface area contributed by atoms with Crippen molar-refractivity contribution in [1.82, 2.24) is 10.2 Å². The van der Waals surface area contributed by atoms with E-state index in [4.69, 9.17) is 0 Å². The van der Waals surface area contributed by atoms with Crippen LogP contribution in [0.15, 0.2) is 0 Å². The molecule has 1 aliphatic rings. The summed E-state index contributed by atoms with van der Waals surface area (Å²) in [5.74, 6) is 1.59. The number of likely N-dealkylation sites (tertiary alicyclic amines) is 1. The molecule has 1 unspecified atom stereocenters. The van der Waals surface area contributed by atoms with Gasteiger partial charge in [-0.3, -0.25) is 4.90 Å². The van der Waals surface area contributed by atoms with E-state index in [1.54, 1.807) is 0 Å². The molecular weight excluding hydrogens is 220 g/mol. The first-order valence-corrected chi connectivity index (χ1v) is 7.96. The molecule has 2 heteroatoms. The van der Waals surface area contributed by atoms with Gasteiger partial charge < -0.3 is 5.32 Å². The first-order valence-electron chi connectivity index (χ1n) is 7.96. The van der Waals surface area contributed by atoms with Crippen LogP contribution in [-0.4, -0.2) is 36.6 Å². The van der Waals surface area contributed by atoms with E-state index in [0.717, 1.165) is 18.4 Å². The van der Waals surface area contributed by atoms with Gasteiger partial charge in [0.05, 0.1) is 0 Å². The molecule has 18 heavy (non-hydrogen) atoms. The minimum absolute atomic E-state index is 0.703. The van der Waals surface area contributed by atoms with Gasteiger partial charge in [-0.1, -0.05) is 27.7 Å². The Hall–Kier alpha value is -0.0800. The Morgan fingerprint density at radius 3 is 1.83 bits per heavy atom. The van der Waals surface area contributed by atoms with Crippen LogP contribution in [0.4, 0.5) is 0 Å². The maximum Gasteiger partial charge on any atom is 0.0192 e. The summed E-state index contributed by atoms with van der Waals surface area (Å²) in [6.07, 6.45) is 5.41. The van der Waals surface area contributed by atoms with Crippen molar-refractivity contribution in [2.24, 2.45) is 11.8 Å². The van der Waals surface area contributed by atoms with Gasteiger partial charge in [-0.2, -0.15) is 0 Å². The van der Waals surface area contributed by atoms with Gasteiger partial charge in [0.1, 0.15) is 0 Å². The van der Waals surface area contributed by atoms with E-state index in [2.05, 4.69) is 44.8 Å². The van der Waals surface area contributed by atoms with Crippen LogP contribution >= 0.6 is 0 Å². The van der Waals surface area contributed by atoms with Crippen molar-refractivity contribution in [2.75, 3.05) is 19.6 Å². The molecule has 1 rings (SSSR count). The lowest BCUT2D eigenvalue weighted by Crippen LogP contribution is -2.43. The van der Waals surface area contributed by atoms with Gasteiger partial charge in [-0.05, 0) is 57.5 Å². The highest BCUT2D eigenvalue weighted by molar-refractivity contribution is 4.78. The van der Waals surface area contributed by atoms with Crippen molar-refractivity contribution in [3.63, 3.8) is 0 Å². The first-order chi connectivity index (χ1) is 8.49. The Morgan fingerprint density at radius 1 is 0.889 bits per heavy atom. The molecule has 1 atom stereocenters. The molecule has 108 valence electrons. The largest absolute Gasteiger partial charge is 0.312 e. The van der Waals surface area contributed by atoms with Gasteiger partial charge in [0.2, 0.25) is 0 Å². The second kappa shape index (κ2) is 8.16. The summed E-state index contributed by atoms with van der Waals surface area (Å²) in [6.45, 7) is 15.5. The fraction of sp³-hybridized carbons (Fsp3) is 1.00. The maximum absolute atomic E-state index is 3.82. The molecule has 0 spiro atoms. The highest BCUT2D eigenvalue weighted by Crippen LogP contribution is 2.15. The summed E-state index contributed by atoms with van der Waals surface area (Å²) in [5.41, 5.74) is 0. The number of nitrogens with zero attached hydrogens (tertiary/aromatic N) is 1. The summed E-state index contributed by atoms with van der Waals surface area (Å²) in [4.78, 5) is 2.63. The predicted octanol–water partition coefficient (Wildman–Crippen LogP) is 3.52. The highest BCUT2D eigenvalue weighted by Gasteiger charge is 2.19. The van der Waals surface area contributed by atoms with Gasteiger partial charge in [0, 0.05) is 18.6 Å². The monoisotopic (exact) mass is 254 g/mol. The third kappa shape index (κ3) is 6.19. The standard InChI is InChI=1S/C16H34N2/c1-13(2)10-16(11-14(3)4)17-12-15(5)18-8-6-7-9-18/h13-17H,6-12H2,1-5H3. The zero-order valence-corrected chi connectivity index (χ0v) is 13.2. The third-order valence-electron chi connectivity index (χ3n) is 3.98. The molecule has 0 saturated carbocycles. The fourth-order valence-corrected chi connectivity index (χ4v) is 3.05. The molecule has 1 fully saturated rings. The Bertz CT molecular complexity index is 197. The van der Waals surface area contributed by atoms with E-state index in [0.29, 0.717) is 12.1 Å². The molecule has 1 aliphatic heterocycles. The summed E-state index contributed by atoms with van der Waals surface area (Å²) >= 11 is 0. The van der Waals surface area contributed by atoms with Crippen LogP contribution in [-0.2, 0) is 0 Å². The molecule has 0 aromatic rings. The summed E-state index contributed by atoms with van der Waals surface area (Å²) in [6, 6.07) is 1.41. The Kier molecular flexibility index (Phi) is 7.25. The molecule has 0 aromatic heterocycles. The van der Waals surface area contributed by atoms with Gasteiger partial charge in [0.15, 0.2) is 0 Å². The fourth-order valence-electron chi connectivity index (χ4n) is 3.05. The molecule has 1 heterocycles. The van der Waals surface area contributed by atoms with Crippen molar-refractivity contribution in [1.29, 1.82) is 0 Å². The molecule has 0 radical (unpaired) electrons. The van der Waals surface area contributed by atoms with Crippen molar-refractivity contribution in [2.45, 2.75) is 72.4 Å². The Morgan fingerprint density at radius 2 is 1.39 bits per heavy atom. The lowest BCUT2D eigenvalue weighted by Gasteiger charge is -2.28. The lowest BCUT2D eigenvalue weighted by molar-refractivity contribution is 0.236.